The SMILES string of the molecule is Cc1cc2c(ncc3sccc32)s1. The Morgan fingerprint density at radius 1 is 1.31 bits per heavy atom. The molecular weight excluding hydrogens is 198 g/mol. The van der Waals surface area contributed by atoms with E-state index in [1.807, 2.05) is 6.20 Å². The summed E-state index contributed by atoms with van der Waals surface area (Å²) < 4.78 is 1.28. The second-order valence-electron chi connectivity index (χ2n) is 3.03. The van der Waals surface area contributed by atoms with Gasteiger partial charge in [-0.2, -0.15) is 0 Å². The Morgan fingerprint density at radius 3 is 3.15 bits per heavy atom. The van der Waals surface area contributed by atoms with Crippen molar-refractivity contribution in [2.45, 2.75) is 6.92 Å². The molecule has 0 N–H and O–H groups in total. The quantitative estimate of drug-likeness (QED) is 0.543. The lowest BCUT2D eigenvalue weighted by Gasteiger charge is -1.89. The van der Waals surface area contributed by atoms with E-state index >= 15 is 0 Å². The second kappa shape index (κ2) is 2.53. The van der Waals surface area contributed by atoms with Gasteiger partial charge >= 0.3 is 0 Å². The van der Waals surface area contributed by atoms with Crippen LogP contribution in [0.3, 0.4) is 0 Å². The molecule has 0 spiro atoms. The van der Waals surface area contributed by atoms with E-state index in [1.54, 1.807) is 22.7 Å². The Labute approximate surface area is 83.7 Å². The van der Waals surface area contributed by atoms with Gasteiger partial charge in [0, 0.05) is 21.8 Å². The first-order valence-electron chi connectivity index (χ1n) is 4.07. The number of hydrogen-bond acceptors (Lipinski definition) is 3. The second-order valence-corrected chi connectivity index (χ2v) is 5.22. The Kier molecular flexibility index (Phi) is 1.45. The van der Waals surface area contributed by atoms with Crippen LogP contribution in [-0.2, 0) is 0 Å². The van der Waals surface area contributed by atoms with Gasteiger partial charge in [-0.1, -0.05) is 0 Å². The number of fused-ring (bicyclic) bond motifs is 3. The molecule has 0 fully saturated rings. The molecule has 3 heteroatoms. The first-order valence-corrected chi connectivity index (χ1v) is 5.76. The summed E-state index contributed by atoms with van der Waals surface area (Å²) in [4.78, 5) is 6.92. The highest BCUT2D eigenvalue weighted by Gasteiger charge is 2.04. The number of rotatable bonds is 0. The van der Waals surface area contributed by atoms with Crippen molar-refractivity contribution in [3.05, 3.63) is 28.6 Å². The minimum absolute atomic E-state index is 1.16. The van der Waals surface area contributed by atoms with Crippen molar-refractivity contribution in [2.75, 3.05) is 0 Å². The largest absolute Gasteiger partial charge is 0.244 e. The van der Waals surface area contributed by atoms with E-state index in [0.29, 0.717) is 0 Å². The molecule has 0 aliphatic carbocycles. The van der Waals surface area contributed by atoms with E-state index < -0.39 is 0 Å². The fourth-order valence-electron chi connectivity index (χ4n) is 1.55. The Morgan fingerprint density at radius 2 is 2.23 bits per heavy atom. The van der Waals surface area contributed by atoms with Gasteiger partial charge in [-0.15, -0.1) is 22.7 Å². The van der Waals surface area contributed by atoms with E-state index in [9.17, 15) is 0 Å². The third-order valence-corrected chi connectivity index (χ3v) is 3.93. The van der Waals surface area contributed by atoms with Crippen molar-refractivity contribution in [1.29, 1.82) is 0 Å². The molecule has 3 aromatic rings. The van der Waals surface area contributed by atoms with Gasteiger partial charge in [0.15, 0.2) is 0 Å². The minimum Gasteiger partial charge on any atom is -0.244 e. The van der Waals surface area contributed by atoms with Crippen molar-refractivity contribution < 1.29 is 0 Å². The highest BCUT2D eigenvalue weighted by Crippen LogP contribution is 2.31. The van der Waals surface area contributed by atoms with Crippen molar-refractivity contribution in [3.63, 3.8) is 0 Å². The summed E-state index contributed by atoms with van der Waals surface area (Å²) in [6.45, 7) is 2.13. The number of thiophene rings is 2. The molecular formula is C10H7NS2. The molecule has 3 heterocycles. The first-order chi connectivity index (χ1) is 6.34. The van der Waals surface area contributed by atoms with E-state index in [0.717, 1.165) is 4.83 Å². The summed E-state index contributed by atoms with van der Waals surface area (Å²) in [5, 5.41) is 4.78. The molecule has 0 aliphatic rings. The van der Waals surface area contributed by atoms with Crippen LogP contribution in [0.4, 0.5) is 0 Å². The summed E-state index contributed by atoms with van der Waals surface area (Å²) in [6, 6.07) is 4.40. The van der Waals surface area contributed by atoms with Gasteiger partial charge in [-0.05, 0) is 24.4 Å². The maximum Gasteiger partial charge on any atom is 0.124 e. The van der Waals surface area contributed by atoms with Gasteiger partial charge in [0.25, 0.3) is 0 Å². The molecule has 0 amide bonds. The minimum atomic E-state index is 1.16. The van der Waals surface area contributed by atoms with Crippen LogP contribution in [0.25, 0.3) is 20.3 Å². The normalized spacial score (nSPS) is 11.5. The zero-order chi connectivity index (χ0) is 8.84. The van der Waals surface area contributed by atoms with Gasteiger partial charge in [-0.25, -0.2) is 4.98 Å². The molecule has 0 radical (unpaired) electrons. The van der Waals surface area contributed by atoms with Crippen LogP contribution in [0.2, 0.25) is 0 Å². The Balaban J connectivity index is 2.64. The highest BCUT2D eigenvalue weighted by atomic mass is 32.1. The predicted octanol–water partition coefficient (Wildman–Crippen LogP) is 3.82. The summed E-state index contributed by atoms with van der Waals surface area (Å²) in [5.41, 5.74) is 0. The van der Waals surface area contributed by atoms with Gasteiger partial charge in [0.05, 0.1) is 4.70 Å². The Bertz CT molecular complexity index is 577. The van der Waals surface area contributed by atoms with Crippen LogP contribution in [-0.4, -0.2) is 4.98 Å². The number of nitrogens with zero attached hydrogens (tertiary/aromatic N) is 1. The molecule has 0 aliphatic heterocycles. The van der Waals surface area contributed by atoms with E-state index in [1.165, 1.54) is 20.3 Å². The predicted molar refractivity (Wildman–Crippen MR) is 59.7 cm³/mol. The molecule has 64 valence electrons. The molecule has 3 aromatic heterocycles. The maximum absolute atomic E-state index is 4.43. The lowest BCUT2D eigenvalue weighted by Crippen LogP contribution is -1.69. The van der Waals surface area contributed by atoms with E-state index in [2.05, 4.69) is 29.4 Å². The van der Waals surface area contributed by atoms with Crippen LogP contribution in [0.5, 0.6) is 0 Å². The number of aromatic nitrogens is 1. The van der Waals surface area contributed by atoms with Crippen LogP contribution in [0.1, 0.15) is 4.88 Å². The molecule has 0 unspecified atom stereocenters. The number of hydrogen-bond donors (Lipinski definition) is 0. The summed E-state index contributed by atoms with van der Waals surface area (Å²) in [6.07, 6.45) is 1.97. The molecule has 0 saturated heterocycles. The fourth-order valence-corrected chi connectivity index (χ4v) is 3.19. The lowest BCUT2D eigenvalue weighted by molar-refractivity contribution is 1.49. The lowest BCUT2D eigenvalue weighted by atomic mass is 10.2. The van der Waals surface area contributed by atoms with Gasteiger partial charge in [0.2, 0.25) is 0 Å². The van der Waals surface area contributed by atoms with Crippen LogP contribution in [0, 0.1) is 6.92 Å². The third-order valence-electron chi connectivity index (χ3n) is 2.12. The summed E-state index contributed by atoms with van der Waals surface area (Å²) in [5.74, 6) is 0. The van der Waals surface area contributed by atoms with Crippen molar-refractivity contribution >= 4 is 43.0 Å². The van der Waals surface area contributed by atoms with E-state index in [-0.39, 0.29) is 0 Å². The molecule has 0 saturated carbocycles. The van der Waals surface area contributed by atoms with Gasteiger partial charge < -0.3 is 0 Å². The van der Waals surface area contributed by atoms with Gasteiger partial charge in [0.1, 0.15) is 4.83 Å². The van der Waals surface area contributed by atoms with Crippen LogP contribution >= 0.6 is 22.7 Å². The number of aryl methyl sites for hydroxylation is 1. The maximum atomic E-state index is 4.43. The summed E-state index contributed by atoms with van der Waals surface area (Å²) in [7, 11) is 0. The average Bonchev–Trinajstić information content (AvgIpc) is 2.65. The van der Waals surface area contributed by atoms with Crippen LogP contribution in [0.15, 0.2) is 23.7 Å². The smallest absolute Gasteiger partial charge is 0.124 e. The highest BCUT2D eigenvalue weighted by molar-refractivity contribution is 7.19. The zero-order valence-electron chi connectivity index (χ0n) is 7.07. The third kappa shape index (κ3) is 1.01. The van der Waals surface area contributed by atoms with Crippen molar-refractivity contribution in [1.82, 2.24) is 4.98 Å². The van der Waals surface area contributed by atoms with Crippen molar-refractivity contribution in [3.8, 4) is 0 Å². The molecule has 0 atom stereocenters. The fraction of sp³-hybridized carbons (Fsp3) is 0.100. The van der Waals surface area contributed by atoms with E-state index in [4.69, 9.17) is 0 Å². The Hall–Kier alpha value is -0.930. The van der Waals surface area contributed by atoms with Crippen molar-refractivity contribution in [2.24, 2.45) is 0 Å². The average molecular weight is 205 g/mol. The van der Waals surface area contributed by atoms with Gasteiger partial charge in [-0.3, -0.25) is 0 Å². The number of pyridine rings is 1. The standard InChI is InChI=1S/C10H7NS2/c1-6-4-8-7-2-3-12-9(7)5-11-10(8)13-6/h2-5H,1H3. The van der Waals surface area contributed by atoms with Crippen LogP contribution < -0.4 is 0 Å². The molecule has 1 nitrogen and oxygen atoms in total. The topological polar surface area (TPSA) is 12.9 Å². The molecule has 0 aromatic carbocycles. The first kappa shape index (κ1) is 7.47. The molecule has 0 bridgehead atoms. The molecule has 3 rings (SSSR count). The zero-order valence-corrected chi connectivity index (χ0v) is 8.71. The molecule has 13 heavy (non-hydrogen) atoms. The summed E-state index contributed by atoms with van der Waals surface area (Å²) >= 11 is 3.52. The monoisotopic (exact) mass is 205 g/mol.